The minimum Gasteiger partial charge on any atom is -0.360 e. The average Bonchev–Trinajstić information content (AvgIpc) is 3.05. The Morgan fingerprint density at radius 3 is 2.77 bits per heavy atom. The van der Waals surface area contributed by atoms with Gasteiger partial charge in [0.2, 0.25) is 0 Å². The zero-order valence-corrected chi connectivity index (χ0v) is 17.5. The van der Waals surface area contributed by atoms with Crippen molar-refractivity contribution in [3.63, 3.8) is 0 Å². The fourth-order valence-corrected chi connectivity index (χ4v) is 4.69. The maximum absolute atomic E-state index is 6.31. The lowest BCUT2D eigenvalue weighted by Gasteiger charge is -2.16. The van der Waals surface area contributed by atoms with E-state index >= 15 is 0 Å². The highest BCUT2D eigenvalue weighted by Crippen LogP contribution is 2.18. The normalized spacial score (nSPS) is 14.8. The predicted octanol–water partition coefficient (Wildman–Crippen LogP) is 5.08. The molecule has 30 heavy (non-hydrogen) atoms. The smallest absolute Gasteiger partial charge is 0.0481 e. The fraction of sp³-hybridized carbons (Fsp3) is 0.148. The van der Waals surface area contributed by atoms with E-state index in [1.807, 2.05) is 42.7 Å². The van der Waals surface area contributed by atoms with E-state index in [1.54, 1.807) is 11.8 Å². The van der Waals surface area contributed by atoms with Crippen molar-refractivity contribution in [2.45, 2.75) is 25.7 Å². The third-order valence-electron chi connectivity index (χ3n) is 5.89. The number of hydrogen-bond donors (Lipinski definition) is 1. The molecule has 0 fully saturated rings. The Morgan fingerprint density at radius 2 is 1.80 bits per heavy atom. The van der Waals surface area contributed by atoms with Crippen molar-refractivity contribution in [1.82, 2.24) is 0 Å². The molecule has 0 bridgehead atoms. The molecule has 0 aromatic heterocycles. The van der Waals surface area contributed by atoms with Gasteiger partial charge in [-0.05, 0) is 69.8 Å². The Morgan fingerprint density at radius 1 is 0.867 bits per heavy atom. The molecule has 1 heterocycles. The highest BCUT2D eigenvalue weighted by atomic mass is 35.5. The van der Waals surface area contributed by atoms with Crippen LogP contribution in [0.1, 0.15) is 29.5 Å². The molecule has 0 atom stereocenters. The fourth-order valence-electron chi connectivity index (χ4n) is 4.44. The number of nitrogens with one attached hydrogen (secondary N) is 1. The number of anilines is 1. The molecule has 3 aromatic rings. The highest BCUT2D eigenvalue weighted by molar-refractivity contribution is 6.30. The van der Waals surface area contributed by atoms with Crippen molar-refractivity contribution < 1.29 is 0 Å². The van der Waals surface area contributed by atoms with E-state index in [4.69, 9.17) is 11.6 Å². The number of para-hydroxylation sites is 1. The summed E-state index contributed by atoms with van der Waals surface area (Å²) in [6, 6.07) is 18.8. The summed E-state index contributed by atoms with van der Waals surface area (Å²) >= 11 is 6.31. The highest BCUT2D eigenvalue weighted by Gasteiger charge is 2.11. The second-order valence-electron chi connectivity index (χ2n) is 7.69. The van der Waals surface area contributed by atoms with Gasteiger partial charge in [0.25, 0.3) is 0 Å². The van der Waals surface area contributed by atoms with Gasteiger partial charge in [-0.1, -0.05) is 66.2 Å². The molecule has 1 aliphatic heterocycles. The van der Waals surface area contributed by atoms with Crippen LogP contribution in [0.3, 0.4) is 0 Å². The van der Waals surface area contributed by atoms with Gasteiger partial charge in [0.15, 0.2) is 0 Å². The number of hydrogen-bond acceptors (Lipinski definition) is 2. The summed E-state index contributed by atoms with van der Waals surface area (Å²) in [5.74, 6) is 0. The summed E-state index contributed by atoms with van der Waals surface area (Å²) in [6.45, 7) is 0. The number of fused-ring (bicyclic) bond motifs is 5. The third kappa shape index (κ3) is 3.59. The maximum Gasteiger partial charge on any atom is 0.0481 e. The van der Waals surface area contributed by atoms with Crippen molar-refractivity contribution in [3.05, 3.63) is 110 Å². The van der Waals surface area contributed by atoms with Crippen LogP contribution in [0.5, 0.6) is 0 Å². The Hall–Kier alpha value is -3.10. The van der Waals surface area contributed by atoms with Crippen LogP contribution in [0.2, 0.25) is 5.02 Å². The maximum atomic E-state index is 6.31. The molecule has 2 aliphatic carbocycles. The first-order valence-electron chi connectivity index (χ1n) is 10.4. The first-order valence-corrected chi connectivity index (χ1v) is 10.8. The molecule has 0 radical (unpaired) electrons. The third-order valence-corrected chi connectivity index (χ3v) is 6.22. The largest absolute Gasteiger partial charge is 0.360 e. The second kappa shape index (κ2) is 8.33. The van der Waals surface area contributed by atoms with Gasteiger partial charge in [0, 0.05) is 34.9 Å². The van der Waals surface area contributed by atoms with Gasteiger partial charge < -0.3 is 5.32 Å². The predicted molar refractivity (Wildman–Crippen MR) is 127 cm³/mol. The van der Waals surface area contributed by atoms with Crippen LogP contribution in [0, 0.1) is 10.4 Å². The number of halogens is 1. The van der Waals surface area contributed by atoms with Crippen LogP contribution in [0.15, 0.2) is 72.0 Å². The van der Waals surface area contributed by atoms with Gasteiger partial charge in [-0.3, -0.25) is 4.99 Å². The van der Waals surface area contributed by atoms with E-state index in [0.717, 1.165) is 22.7 Å². The van der Waals surface area contributed by atoms with Gasteiger partial charge >= 0.3 is 0 Å². The van der Waals surface area contributed by atoms with E-state index in [-0.39, 0.29) is 0 Å². The lowest BCUT2D eigenvalue weighted by Crippen LogP contribution is -2.20. The van der Waals surface area contributed by atoms with E-state index in [1.165, 1.54) is 45.7 Å². The van der Waals surface area contributed by atoms with Crippen molar-refractivity contribution in [1.29, 1.82) is 0 Å². The van der Waals surface area contributed by atoms with Crippen molar-refractivity contribution in [3.8, 4) is 0 Å². The molecule has 2 nitrogen and oxygen atoms in total. The number of aliphatic imine (C=N–C) groups is 1. The molecule has 3 heteroatoms. The standard InChI is InChI=1S/C18H15Cl.C9H8N2/c19-18-7-3-6-14-16-9-8-12-4-1-2-5-13(12)15(16)10-11-17(14)18;1-2-4-9-8(3-1)7-10-5-6-11-9/h3-4,6-9,11H,1-2,5,10H2;1-7,11H. The zero-order chi connectivity index (χ0) is 20.3. The molecule has 0 saturated carbocycles. The molecule has 3 aliphatic rings. The molecule has 6 rings (SSSR count). The van der Waals surface area contributed by atoms with Crippen molar-refractivity contribution in [2.24, 2.45) is 4.99 Å². The average molecular weight is 411 g/mol. The number of benzene rings is 3. The summed E-state index contributed by atoms with van der Waals surface area (Å²) in [6.07, 6.45) is 14.8. The SMILES string of the molecule is C1=CNc2ccccc2C=N1.Clc1cccc2c1=CCc1c3c(ccc1=2)=CCCC3. The van der Waals surface area contributed by atoms with Gasteiger partial charge in [0.05, 0.1) is 0 Å². The Bertz CT molecular complexity index is 1380. The monoisotopic (exact) mass is 410 g/mol. The molecule has 1 N–H and O–H groups in total. The van der Waals surface area contributed by atoms with Crippen LogP contribution in [0.4, 0.5) is 5.69 Å². The summed E-state index contributed by atoms with van der Waals surface area (Å²) in [5.41, 5.74) is 5.30. The number of rotatable bonds is 0. The molecular weight excluding hydrogens is 388 g/mol. The first-order chi connectivity index (χ1) is 14.8. The van der Waals surface area contributed by atoms with E-state index < -0.39 is 0 Å². The summed E-state index contributed by atoms with van der Waals surface area (Å²) < 4.78 is 0. The molecule has 0 unspecified atom stereocenters. The van der Waals surface area contributed by atoms with E-state index in [9.17, 15) is 0 Å². The van der Waals surface area contributed by atoms with Crippen LogP contribution < -0.4 is 15.8 Å². The van der Waals surface area contributed by atoms with Crippen LogP contribution in [-0.4, -0.2) is 6.21 Å². The van der Waals surface area contributed by atoms with Gasteiger partial charge in [-0.25, -0.2) is 0 Å². The summed E-state index contributed by atoms with van der Waals surface area (Å²) in [4.78, 5) is 4.04. The Balaban J connectivity index is 0.000000149. The second-order valence-corrected chi connectivity index (χ2v) is 8.10. The van der Waals surface area contributed by atoms with Crippen LogP contribution in [-0.2, 0) is 12.8 Å². The Labute approximate surface area is 181 Å². The lowest BCUT2D eigenvalue weighted by atomic mass is 9.89. The quantitative estimate of drug-likeness (QED) is 0.549. The van der Waals surface area contributed by atoms with Gasteiger partial charge in [0.1, 0.15) is 0 Å². The van der Waals surface area contributed by atoms with E-state index in [0.29, 0.717) is 0 Å². The molecular formula is C27H23ClN2. The van der Waals surface area contributed by atoms with Crippen LogP contribution in [0.25, 0.3) is 12.2 Å². The first kappa shape index (κ1) is 18.9. The van der Waals surface area contributed by atoms with Crippen molar-refractivity contribution in [2.75, 3.05) is 5.32 Å². The summed E-state index contributed by atoms with van der Waals surface area (Å²) in [5, 5.41) is 9.32. The molecule has 3 aromatic carbocycles. The molecule has 0 spiro atoms. The zero-order valence-electron chi connectivity index (χ0n) is 16.7. The van der Waals surface area contributed by atoms with Crippen LogP contribution >= 0.6 is 11.6 Å². The van der Waals surface area contributed by atoms with E-state index in [2.05, 4.69) is 46.7 Å². The number of nitrogens with zero attached hydrogens (tertiary/aromatic N) is 1. The van der Waals surface area contributed by atoms with Gasteiger partial charge in [-0.2, -0.15) is 0 Å². The topological polar surface area (TPSA) is 24.4 Å². The van der Waals surface area contributed by atoms with Gasteiger partial charge in [-0.15, -0.1) is 0 Å². The lowest BCUT2D eigenvalue weighted by molar-refractivity contribution is 0.824. The molecule has 0 saturated heterocycles. The minimum absolute atomic E-state index is 0.868. The minimum atomic E-state index is 0.868. The molecule has 148 valence electrons. The summed E-state index contributed by atoms with van der Waals surface area (Å²) in [7, 11) is 0. The van der Waals surface area contributed by atoms with Crippen molar-refractivity contribution >= 4 is 35.7 Å². The Kier molecular flexibility index (Phi) is 5.25. The molecule has 0 amide bonds.